The van der Waals surface area contributed by atoms with Crippen LogP contribution in [-0.2, 0) is 35.2 Å². The van der Waals surface area contributed by atoms with Gasteiger partial charge in [-0.05, 0) is 48.5 Å². The first-order chi connectivity index (χ1) is 25.2. The Morgan fingerprint density at radius 1 is 0.811 bits per heavy atom. The highest BCUT2D eigenvalue weighted by Gasteiger charge is 2.35. The summed E-state index contributed by atoms with van der Waals surface area (Å²) < 4.78 is 0. The van der Waals surface area contributed by atoms with Crippen molar-refractivity contribution in [2.24, 2.45) is 23.7 Å². The molecule has 6 N–H and O–H groups in total. The van der Waals surface area contributed by atoms with Gasteiger partial charge in [0.2, 0.25) is 23.5 Å². The number of carboxylic acid groups (broad SMARTS) is 1. The van der Waals surface area contributed by atoms with Crippen LogP contribution in [0.15, 0.2) is 48.9 Å². The van der Waals surface area contributed by atoms with E-state index >= 15 is 0 Å². The van der Waals surface area contributed by atoms with Gasteiger partial charge in [-0.15, -0.1) is 0 Å². The summed E-state index contributed by atoms with van der Waals surface area (Å²) in [6.45, 7) is 9.23. The van der Waals surface area contributed by atoms with E-state index in [1.807, 2.05) is 0 Å². The number of rotatable bonds is 20. The molecule has 53 heavy (non-hydrogen) atoms. The number of Topliss-reactive ketones (excluding diaryl/α,β-unsaturated/α-hetero) is 1. The smallest absolute Gasteiger partial charge is 0.326 e. The molecule has 0 radical (unpaired) electrons. The van der Waals surface area contributed by atoms with Crippen molar-refractivity contribution in [1.82, 2.24) is 36.6 Å². The molecule has 3 rings (SSSR count). The standard InChI is InChI=1S/C38H53N7O8/c1-6-11-27(33(47)37(51)43-28(38(52)53)18-24-12-8-7-9-13-24)42-30(46)19-25-14-10-15-26(25)20-41-35(49)31(22(2)3)45-36(50)32(23(4)5)44-34(48)29-21-39-16-17-40-29/h7-9,12-13,16-17,21-23,25-28,31-32H,6,10-11,14-15,18-20H2,1-5H3,(H,41,49)(H,42,46)(H,43,51)(H,44,48)(H,45,50)(H,52,53)/t25-,26+,27?,28-,31?,32-/m1/s1. The number of carbonyl (C=O) groups is 7. The number of ketones is 1. The zero-order valence-electron chi connectivity index (χ0n) is 31.1. The Balaban J connectivity index is 1.56. The molecule has 0 aliphatic heterocycles. The van der Waals surface area contributed by atoms with Gasteiger partial charge in [0.15, 0.2) is 0 Å². The van der Waals surface area contributed by atoms with Gasteiger partial charge in [0.05, 0.1) is 12.2 Å². The van der Waals surface area contributed by atoms with E-state index in [1.165, 1.54) is 18.6 Å². The highest BCUT2D eigenvalue weighted by molar-refractivity contribution is 6.38. The molecule has 2 unspecified atom stereocenters. The van der Waals surface area contributed by atoms with E-state index in [-0.39, 0.29) is 55.2 Å². The van der Waals surface area contributed by atoms with Gasteiger partial charge in [0, 0.05) is 31.8 Å². The molecule has 0 saturated heterocycles. The Morgan fingerprint density at radius 3 is 2.08 bits per heavy atom. The summed E-state index contributed by atoms with van der Waals surface area (Å²) in [5.74, 6) is -5.86. The number of aromatic nitrogens is 2. The lowest BCUT2D eigenvalue weighted by Gasteiger charge is -2.28. The molecule has 1 aliphatic carbocycles. The third-order valence-electron chi connectivity index (χ3n) is 9.42. The minimum Gasteiger partial charge on any atom is -0.480 e. The van der Waals surface area contributed by atoms with Crippen LogP contribution in [0.4, 0.5) is 0 Å². The SMILES string of the molecule is CCCC(NC(=O)C[C@H]1CCC[C@H]1CNC(=O)C(NC(=O)[C@H](NC(=O)c1cnccn1)C(C)C)C(C)C)C(=O)C(=O)N[C@H](Cc1ccccc1)C(=O)O. The van der Waals surface area contributed by atoms with Gasteiger partial charge < -0.3 is 31.7 Å². The Labute approximate surface area is 310 Å². The average molecular weight is 736 g/mol. The van der Waals surface area contributed by atoms with Crippen LogP contribution in [0.5, 0.6) is 0 Å². The first kappa shape index (κ1) is 42.2. The zero-order chi connectivity index (χ0) is 39.1. The van der Waals surface area contributed by atoms with Crippen LogP contribution in [-0.4, -0.2) is 87.1 Å². The fourth-order valence-electron chi connectivity index (χ4n) is 6.42. The van der Waals surface area contributed by atoms with Crippen LogP contribution in [0.25, 0.3) is 0 Å². The number of nitrogens with one attached hydrogen (secondary N) is 5. The number of hydrogen-bond acceptors (Lipinski definition) is 9. The van der Waals surface area contributed by atoms with Crippen molar-refractivity contribution >= 4 is 41.3 Å². The largest absolute Gasteiger partial charge is 0.480 e. The normalized spacial score (nSPS) is 17.6. The summed E-state index contributed by atoms with van der Waals surface area (Å²) in [7, 11) is 0. The molecule has 1 fully saturated rings. The summed E-state index contributed by atoms with van der Waals surface area (Å²) in [5.41, 5.74) is 0.739. The topological polar surface area (TPSA) is 226 Å². The molecular formula is C38H53N7O8. The van der Waals surface area contributed by atoms with Gasteiger partial charge in [0.1, 0.15) is 23.8 Å². The van der Waals surface area contributed by atoms with Gasteiger partial charge in [-0.3, -0.25) is 33.8 Å². The van der Waals surface area contributed by atoms with E-state index in [0.717, 1.165) is 19.3 Å². The number of benzene rings is 1. The number of hydrogen-bond donors (Lipinski definition) is 6. The van der Waals surface area contributed by atoms with E-state index in [9.17, 15) is 38.7 Å². The maximum atomic E-state index is 13.4. The molecular weight excluding hydrogens is 682 g/mol. The van der Waals surface area contributed by atoms with Crippen LogP contribution in [0, 0.1) is 23.7 Å². The second-order valence-corrected chi connectivity index (χ2v) is 14.2. The van der Waals surface area contributed by atoms with Crippen LogP contribution in [0.1, 0.15) is 89.2 Å². The fraction of sp³-hybridized carbons (Fsp3) is 0.553. The van der Waals surface area contributed by atoms with Gasteiger partial charge in [-0.1, -0.05) is 77.8 Å². The first-order valence-corrected chi connectivity index (χ1v) is 18.3. The van der Waals surface area contributed by atoms with Crippen molar-refractivity contribution in [2.45, 2.75) is 104 Å². The van der Waals surface area contributed by atoms with E-state index in [0.29, 0.717) is 12.0 Å². The summed E-state index contributed by atoms with van der Waals surface area (Å²) in [6, 6.07) is 4.47. The Morgan fingerprint density at radius 2 is 1.47 bits per heavy atom. The maximum Gasteiger partial charge on any atom is 0.326 e. The van der Waals surface area contributed by atoms with Crippen LogP contribution >= 0.6 is 0 Å². The number of nitrogens with zero attached hydrogens (tertiary/aromatic N) is 2. The molecule has 5 amide bonds. The Bertz CT molecular complexity index is 1570. The van der Waals surface area contributed by atoms with Crippen molar-refractivity contribution in [3.8, 4) is 0 Å². The quantitative estimate of drug-likeness (QED) is 0.108. The predicted molar refractivity (Wildman–Crippen MR) is 195 cm³/mol. The second kappa shape index (κ2) is 20.7. The third-order valence-corrected chi connectivity index (χ3v) is 9.42. The second-order valence-electron chi connectivity index (χ2n) is 14.2. The van der Waals surface area contributed by atoms with Gasteiger partial charge >= 0.3 is 5.97 Å². The molecule has 6 atom stereocenters. The van der Waals surface area contributed by atoms with E-state index in [4.69, 9.17) is 0 Å². The van der Waals surface area contributed by atoms with E-state index in [2.05, 4.69) is 36.6 Å². The molecule has 15 nitrogen and oxygen atoms in total. The molecule has 1 heterocycles. The fourth-order valence-corrected chi connectivity index (χ4v) is 6.42. The lowest BCUT2D eigenvalue weighted by atomic mass is 9.91. The highest BCUT2D eigenvalue weighted by Crippen LogP contribution is 2.33. The number of carboxylic acids is 1. The number of carbonyl (C=O) groups excluding carboxylic acids is 6. The summed E-state index contributed by atoms with van der Waals surface area (Å²) in [4.78, 5) is 98.3. The first-order valence-electron chi connectivity index (χ1n) is 18.3. The lowest BCUT2D eigenvalue weighted by molar-refractivity contribution is -0.145. The monoisotopic (exact) mass is 735 g/mol. The highest BCUT2D eigenvalue weighted by atomic mass is 16.4. The average Bonchev–Trinajstić information content (AvgIpc) is 3.57. The molecule has 15 heteroatoms. The summed E-state index contributed by atoms with van der Waals surface area (Å²) in [6.07, 6.45) is 7.19. The molecule has 1 aliphatic rings. The maximum absolute atomic E-state index is 13.4. The van der Waals surface area contributed by atoms with Crippen LogP contribution in [0.2, 0.25) is 0 Å². The molecule has 0 spiro atoms. The van der Waals surface area contributed by atoms with Gasteiger partial charge in [-0.2, -0.15) is 0 Å². The van der Waals surface area contributed by atoms with E-state index in [1.54, 1.807) is 65.0 Å². The third kappa shape index (κ3) is 13.1. The summed E-state index contributed by atoms with van der Waals surface area (Å²) >= 11 is 0. The van der Waals surface area contributed by atoms with Crippen molar-refractivity contribution < 1.29 is 38.7 Å². The number of aliphatic carboxylic acids is 1. The lowest BCUT2D eigenvalue weighted by Crippen LogP contribution is -2.57. The zero-order valence-corrected chi connectivity index (χ0v) is 31.1. The minimum atomic E-state index is -1.32. The van der Waals surface area contributed by atoms with Gasteiger partial charge in [0.25, 0.3) is 11.8 Å². The Hall–Kier alpha value is -5.21. The molecule has 2 aromatic rings. The molecule has 1 aromatic heterocycles. The van der Waals surface area contributed by atoms with Crippen molar-refractivity contribution in [2.75, 3.05) is 6.54 Å². The minimum absolute atomic E-state index is 0.00859. The summed E-state index contributed by atoms with van der Waals surface area (Å²) in [5, 5.41) is 23.1. The molecule has 288 valence electrons. The Kier molecular flexibility index (Phi) is 16.5. The van der Waals surface area contributed by atoms with Crippen LogP contribution in [0.3, 0.4) is 0 Å². The van der Waals surface area contributed by atoms with Crippen LogP contribution < -0.4 is 26.6 Å². The predicted octanol–water partition coefficient (Wildman–Crippen LogP) is 1.96. The van der Waals surface area contributed by atoms with E-state index < -0.39 is 65.5 Å². The molecule has 1 aromatic carbocycles. The number of amides is 5. The van der Waals surface area contributed by atoms with Crippen molar-refractivity contribution in [3.63, 3.8) is 0 Å². The molecule has 1 saturated carbocycles. The molecule has 0 bridgehead atoms. The van der Waals surface area contributed by atoms with Gasteiger partial charge in [-0.25, -0.2) is 9.78 Å². The van der Waals surface area contributed by atoms with Crippen molar-refractivity contribution in [3.05, 3.63) is 60.2 Å². The van der Waals surface area contributed by atoms with Crippen molar-refractivity contribution in [1.29, 1.82) is 0 Å².